The van der Waals surface area contributed by atoms with Gasteiger partial charge in [-0.25, -0.2) is 19.6 Å². The van der Waals surface area contributed by atoms with Crippen molar-refractivity contribution in [2.45, 2.75) is 20.4 Å². The van der Waals surface area contributed by atoms with E-state index in [4.69, 9.17) is 9.47 Å². The lowest BCUT2D eigenvalue weighted by molar-refractivity contribution is 0.0580. The van der Waals surface area contributed by atoms with Crippen LogP contribution >= 0.6 is 23.5 Å². The number of nitrogens with zero attached hydrogens (tertiary/aromatic N) is 6. The lowest BCUT2D eigenvalue weighted by Gasteiger charge is -2.05. The molecule has 0 bridgehead atoms. The van der Waals surface area contributed by atoms with E-state index in [2.05, 4.69) is 20.2 Å². The molecule has 146 valence electrons. The first kappa shape index (κ1) is 19.9. The van der Waals surface area contributed by atoms with Gasteiger partial charge in [-0.1, -0.05) is 0 Å². The van der Waals surface area contributed by atoms with Crippen molar-refractivity contribution in [2.24, 2.45) is 14.1 Å². The number of imidazole rings is 2. The number of hydrogen-bond donors (Lipinski definition) is 0. The molecule has 0 saturated carbocycles. The molecule has 0 radical (unpaired) electrons. The summed E-state index contributed by atoms with van der Waals surface area (Å²) in [4.78, 5) is 31.7. The second kappa shape index (κ2) is 8.44. The fourth-order valence-corrected chi connectivity index (χ4v) is 3.66. The fraction of sp³-hybridized carbons (Fsp3) is 0.250. The minimum absolute atomic E-state index is 0.348. The van der Waals surface area contributed by atoms with E-state index in [0.29, 0.717) is 31.8 Å². The van der Waals surface area contributed by atoms with Crippen molar-refractivity contribution in [3.8, 4) is 0 Å². The second-order valence-corrected chi connectivity index (χ2v) is 7.34. The molecule has 0 amide bonds. The van der Waals surface area contributed by atoms with Crippen molar-refractivity contribution in [2.75, 3.05) is 14.2 Å². The Kier molecular flexibility index (Phi) is 5.99. The second-order valence-electron chi connectivity index (χ2n) is 5.37. The van der Waals surface area contributed by atoms with Gasteiger partial charge in [0.15, 0.2) is 10.3 Å². The van der Waals surface area contributed by atoms with E-state index in [1.165, 1.54) is 50.1 Å². The van der Waals surface area contributed by atoms with Gasteiger partial charge < -0.3 is 18.6 Å². The molecule has 0 N–H and O–H groups in total. The molecule has 0 unspecified atom stereocenters. The number of carbonyl (C=O) groups is 2. The highest BCUT2D eigenvalue weighted by atomic mass is 32.2. The molecule has 3 rings (SSSR count). The maximum Gasteiger partial charge on any atom is 0.356 e. The number of rotatable bonds is 6. The zero-order valence-corrected chi connectivity index (χ0v) is 17.1. The van der Waals surface area contributed by atoms with Crippen LogP contribution in [0.15, 0.2) is 44.9 Å². The van der Waals surface area contributed by atoms with Crippen molar-refractivity contribution < 1.29 is 19.1 Å². The van der Waals surface area contributed by atoms with Gasteiger partial charge in [-0.3, -0.25) is 0 Å². The van der Waals surface area contributed by atoms with Gasteiger partial charge >= 0.3 is 11.9 Å². The third-order valence-corrected chi connectivity index (χ3v) is 5.66. The Labute approximate surface area is 168 Å². The zero-order valence-electron chi connectivity index (χ0n) is 15.4. The summed E-state index contributed by atoms with van der Waals surface area (Å²) in [7, 11) is 6.08. The minimum Gasteiger partial charge on any atom is -0.464 e. The van der Waals surface area contributed by atoms with Gasteiger partial charge in [-0.15, -0.1) is 10.2 Å². The molecule has 0 aliphatic carbocycles. The van der Waals surface area contributed by atoms with Crippen LogP contribution in [0.1, 0.15) is 21.0 Å². The Bertz CT molecular complexity index is 934. The molecule has 0 saturated heterocycles. The van der Waals surface area contributed by atoms with E-state index in [1.807, 2.05) is 0 Å². The van der Waals surface area contributed by atoms with Crippen LogP contribution in [-0.2, 0) is 23.6 Å². The molecule has 0 aliphatic heterocycles. The van der Waals surface area contributed by atoms with Crippen LogP contribution in [0, 0.1) is 0 Å². The minimum atomic E-state index is -0.457. The number of hydrogen-bond acceptors (Lipinski definition) is 10. The zero-order chi connectivity index (χ0) is 20.3. The predicted molar refractivity (Wildman–Crippen MR) is 99.4 cm³/mol. The van der Waals surface area contributed by atoms with Gasteiger partial charge in [0.05, 0.1) is 26.6 Å². The molecule has 0 spiro atoms. The van der Waals surface area contributed by atoms with E-state index >= 15 is 0 Å². The summed E-state index contributed by atoms with van der Waals surface area (Å²) in [5, 5.41) is 10.7. The van der Waals surface area contributed by atoms with Crippen LogP contribution in [0.2, 0.25) is 0 Å². The molecule has 3 heterocycles. The van der Waals surface area contributed by atoms with Gasteiger partial charge in [-0.2, -0.15) is 0 Å². The summed E-state index contributed by atoms with van der Waals surface area (Å²) in [6.07, 6.45) is 2.90. The lowest BCUT2D eigenvalue weighted by atomic mass is 10.5. The van der Waals surface area contributed by atoms with Crippen LogP contribution in [0.3, 0.4) is 0 Å². The van der Waals surface area contributed by atoms with Crippen molar-refractivity contribution in [3.05, 3.63) is 35.9 Å². The third-order valence-electron chi connectivity index (χ3n) is 3.69. The largest absolute Gasteiger partial charge is 0.464 e. The highest BCUT2D eigenvalue weighted by molar-refractivity contribution is 7.99. The maximum absolute atomic E-state index is 11.6. The molecule has 10 nitrogen and oxygen atoms in total. The first-order chi connectivity index (χ1) is 13.4. The average molecular weight is 420 g/mol. The topological polar surface area (TPSA) is 114 Å². The molecule has 28 heavy (non-hydrogen) atoms. The Hall–Kier alpha value is -2.86. The summed E-state index contributed by atoms with van der Waals surface area (Å²) in [6.45, 7) is 0. The fourth-order valence-electron chi connectivity index (χ4n) is 2.17. The van der Waals surface area contributed by atoms with Gasteiger partial charge in [0.1, 0.15) is 21.4 Å². The normalized spacial score (nSPS) is 10.7. The third kappa shape index (κ3) is 4.02. The monoisotopic (exact) mass is 420 g/mol. The molecular weight excluding hydrogens is 404 g/mol. The lowest BCUT2D eigenvalue weighted by Crippen LogP contribution is -2.08. The SMILES string of the molecule is COC(=O)c1cnc(Sc2ccc(Sc3ncc(C(=O)OC)n3C)nn2)n1C. The number of methoxy groups -OCH3 is 2. The summed E-state index contributed by atoms with van der Waals surface area (Å²) < 4.78 is 12.7. The molecule has 12 heteroatoms. The van der Waals surface area contributed by atoms with E-state index < -0.39 is 11.9 Å². The van der Waals surface area contributed by atoms with E-state index in [0.717, 1.165) is 0 Å². The predicted octanol–water partition coefficient (Wildman–Crippen LogP) is 1.82. The van der Waals surface area contributed by atoms with Crippen LogP contribution in [0.25, 0.3) is 0 Å². The van der Waals surface area contributed by atoms with Gasteiger partial charge in [0.25, 0.3) is 0 Å². The summed E-state index contributed by atoms with van der Waals surface area (Å²) in [6, 6.07) is 3.58. The Balaban J connectivity index is 1.71. The highest BCUT2D eigenvalue weighted by Gasteiger charge is 2.17. The van der Waals surface area contributed by atoms with Crippen molar-refractivity contribution in [3.63, 3.8) is 0 Å². The Morgan fingerprint density at radius 1 is 0.821 bits per heavy atom. The maximum atomic E-state index is 11.6. The molecule has 0 fully saturated rings. The number of carbonyl (C=O) groups excluding carboxylic acids is 2. The molecule has 3 aromatic heterocycles. The van der Waals surface area contributed by atoms with Gasteiger partial charge in [0, 0.05) is 14.1 Å². The number of aromatic nitrogens is 6. The van der Waals surface area contributed by atoms with E-state index in [-0.39, 0.29) is 0 Å². The van der Waals surface area contributed by atoms with Crippen molar-refractivity contribution in [1.82, 2.24) is 29.3 Å². The van der Waals surface area contributed by atoms with Gasteiger partial charge in [-0.05, 0) is 35.7 Å². The van der Waals surface area contributed by atoms with Crippen LogP contribution in [0.4, 0.5) is 0 Å². The molecule has 0 aliphatic rings. The van der Waals surface area contributed by atoms with Crippen LogP contribution in [-0.4, -0.2) is 55.5 Å². The first-order valence-electron chi connectivity index (χ1n) is 7.84. The molecule has 3 aromatic rings. The summed E-state index contributed by atoms with van der Waals surface area (Å²) in [5.41, 5.74) is 0.697. The highest BCUT2D eigenvalue weighted by Crippen LogP contribution is 2.28. The number of esters is 2. The van der Waals surface area contributed by atoms with Crippen LogP contribution < -0.4 is 0 Å². The van der Waals surface area contributed by atoms with Crippen LogP contribution in [0.5, 0.6) is 0 Å². The molecular formula is C16H16N6O4S2. The average Bonchev–Trinajstić information content (AvgIpc) is 3.25. The molecule has 0 aromatic carbocycles. The summed E-state index contributed by atoms with van der Waals surface area (Å²) in [5.74, 6) is -0.915. The van der Waals surface area contributed by atoms with Crippen molar-refractivity contribution >= 4 is 35.5 Å². The van der Waals surface area contributed by atoms with E-state index in [1.54, 1.807) is 35.4 Å². The van der Waals surface area contributed by atoms with E-state index in [9.17, 15) is 9.59 Å². The molecule has 0 atom stereocenters. The Morgan fingerprint density at radius 2 is 1.21 bits per heavy atom. The first-order valence-corrected chi connectivity index (χ1v) is 9.47. The quantitative estimate of drug-likeness (QED) is 0.547. The number of ether oxygens (including phenoxy) is 2. The van der Waals surface area contributed by atoms with Crippen molar-refractivity contribution in [1.29, 1.82) is 0 Å². The standard InChI is InChI=1S/C16H16N6O4S2/c1-21-9(13(23)25-3)7-17-15(21)27-11-5-6-12(20-19-11)28-16-18-8-10(22(16)2)14(24)26-4/h5-8H,1-4H3. The smallest absolute Gasteiger partial charge is 0.356 e. The summed E-state index contributed by atoms with van der Waals surface area (Å²) >= 11 is 2.54. The Morgan fingerprint density at radius 3 is 1.54 bits per heavy atom. The van der Waals surface area contributed by atoms with Gasteiger partial charge in [0.2, 0.25) is 0 Å².